The van der Waals surface area contributed by atoms with E-state index >= 15 is 0 Å². The fraction of sp³-hybridized carbons (Fsp3) is 0.500. The number of rotatable bonds is 7. The Morgan fingerprint density at radius 3 is 2.69 bits per heavy atom. The van der Waals surface area contributed by atoms with Gasteiger partial charge in [-0.2, -0.15) is 0 Å². The van der Waals surface area contributed by atoms with Crippen molar-refractivity contribution in [2.75, 3.05) is 45.2 Å². The van der Waals surface area contributed by atoms with Gasteiger partial charge in [-0.3, -0.25) is 4.99 Å². The van der Waals surface area contributed by atoms with E-state index in [9.17, 15) is 4.39 Å². The predicted molar refractivity (Wildman–Crippen MR) is 121 cm³/mol. The zero-order valence-corrected chi connectivity index (χ0v) is 18.4. The predicted octanol–water partition coefficient (Wildman–Crippen LogP) is 3.71. The Morgan fingerprint density at radius 2 is 2.07 bits per heavy atom. The quantitative estimate of drug-likeness (QED) is 0.532. The van der Waals surface area contributed by atoms with Gasteiger partial charge in [0.05, 0.1) is 17.6 Å². The monoisotopic (exact) mass is 417 g/mol. The van der Waals surface area contributed by atoms with Gasteiger partial charge in [0, 0.05) is 25.7 Å². The third-order valence-electron chi connectivity index (χ3n) is 5.28. The highest BCUT2D eigenvalue weighted by Crippen LogP contribution is 2.25. The maximum absolute atomic E-state index is 13.7. The molecule has 1 aromatic carbocycles. The lowest BCUT2D eigenvalue weighted by atomic mass is 10.1. The van der Waals surface area contributed by atoms with Gasteiger partial charge in [-0.05, 0) is 69.1 Å². The lowest BCUT2D eigenvalue weighted by Gasteiger charge is -2.33. The zero-order chi connectivity index (χ0) is 20.6. The molecule has 1 atom stereocenters. The highest BCUT2D eigenvalue weighted by Gasteiger charge is 2.21. The van der Waals surface area contributed by atoms with Gasteiger partial charge in [0.15, 0.2) is 5.96 Å². The first-order valence-corrected chi connectivity index (χ1v) is 11.2. The summed E-state index contributed by atoms with van der Waals surface area (Å²) in [4.78, 5) is 9.36. The lowest BCUT2D eigenvalue weighted by Crippen LogP contribution is -2.48. The van der Waals surface area contributed by atoms with Crippen LogP contribution >= 0.6 is 11.3 Å². The van der Waals surface area contributed by atoms with Crippen LogP contribution in [0.15, 0.2) is 46.8 Å². The first-order valence-electron chi connectivity index (χ1n) is 10.3. The molecule has 0 aliphatic carbocycles. The van der Waals surface area contributed by atoms with E-state index in [1.54, 1.807) is 23.5 Å². The van der Waals surface area contributed by atoms with Crippen molar-refractivity contribution in [2.24, 2.45) is 4.99 Å². The van der Waals surface area contributed by atoms with E-state index in [1.807, 2.05) is 20.2 Å². The van der Waals surface area contributed by atoms with Gasteiger partial charge in [0.2, 0.25) is 0 Å². The van der Waals surface area contributed by atoms with Crippen LogP contribution in [0.3, 0.4) is 0 Å². The minimum Gasteiger partial charge on any atom is -0.363 e. The van der Waals surface area contributed by atoms with Crippen LogP contribution in [0.25, 0.3) is 0 Å². The van der Waals surface area contributed by atoms with Crippen molar-refractivity contribution < 1.29 is 4.39 Å². The number of anilines is 1. The minimum absolute atomic E-state index is 0.0295. The number of nitrogens with zero attached hydrogens (tertiary/aromatic N) is 3. The summed E-state index contributed by atoms with van der Waals surface area (Å²) in [5.41, 5.74) is 0.943. The zero-order valence-electron chi connectivity index (χ0n) is 17.6. The highest BCUT2D eigenvalue weighted by atomic mass is 32.1. The molecule has 5 nitrogen and oxygen atoms in total. The Kier molecular flexibility index (Phi) is 7.89. The Hall–Kier alpha value is -2.12. The lowest BCUT2D eigenvalue weighted by molar-refractivity contribution is 0.305. The molecule has 2 N–H and O–H groups in total. The van der Waals surface area contributed by atoms with E-state index in [2.05, 4.69) is 44.9 Å². The molecule has 1 fully saturated rings. The SMILES string of the molecule is CCNC(=NCC(c1cccc(F)c1)N(C)C)NC1CCN(c2cccs2)CC1. The van der Waals surface area contributed by atoms with Crippen LogP contribution < -0.4 is 15.5 Å². The Morgan fingerprint density at radius 1 is 1.28 bits per heavy atom. The van der Waals surface area contributed by atoms with Gasteiger partial charge in [-0.1, -0.05) is 12.1 Å². The Labute approximate surface area is 177 Å². The third kappa shape index (κ3) is 6.18. The number of piperidine rings is 1. The first-order chi connectivity index (χ1) is 14.1. The number of hydrogen-bond acceptors (Lipinski definition) is 4. The topological polar surface area (TPSA) is 42.9 Å². The van der Waals surface area contributed by atoms with Gasteiger partial charge in [0.25, 0.3) is 0 Å². The molecule has 158 valence electrons. The molecule has 1 aromatic heterocycles. The van der Waals surface area contributed by atoms with Gasteiger partial charge in [-0.25, -0.2) is 4.39 Å². The van der Waals surface area contributed by atoms with Crippen molar-refractivity contribution in [3.63, 3.8) is 0 Å². The molecule has 1 saturated heterocycles. The molecule has 0 saturated carbocycles. The fourth-order valence-electron chi connectivity index (χ4n) is 3.67. The maximum atomic E-state index is 13.7. The molecule has 0 bridgehead atoms. The Bertz CT molecular complexity index is 769. The highest BCUT2D eigenvalue weighted by molar-refractivity contribution is 7.14. The maximum Gasteiger partial charge on any atom is 0.191 e. The number of thiophene rings is 1. The molecule has 29 heavy (non-hydrogen) atoms. The number of benzene rings is 1. The summed E-state index contributed by atoms with van der Waals surface area (Å²) in [6.07, 6.45) is 2.17. The molecule has 2 aromatic rings. The second-order valence-electron chi connectivity index (χ2n) is 7.61. The molecule has 7 heteroatoms. The molecule has 0 spiro atoms. The summed E-state index contributed by atoms with van der Waals surface area (Å²) < 4.78 is 13.7. The van der Waals surface area contributed by atoms with Crippen molar-refractivity contribution >= 4 is 22.3 Å². The number of hydrogen-bond donors (Lipinski definition) is 2. The van der Waals surface area contributed by atoms with Crippen LogP contribution in [0.1, 0.15) is 31.4 Å². The molecule has 0 radical (unpaired) electrons. The van der Waals surface area contributed by atoms with Crippen molar-refractivity contribution in [3.8, 4) is 0 Å². The summed E-state index contributed by atoms with van der Waals surface area (Å²) in [6, 6.07) is 11.5. The molecule has 3 rings (SSSR count). The molecular weight excluding hydrogens is 385 g/mol. The summed E-state index contributed by atoms with van der Waals surface area (Å²) in [5.74, 6) is 0.631. The smallest absolute Gasteiger partial charge is 0.191 e. The van der Waals surface area contributed by atoms with E-state index in [0.29, 0.717) is 12.6 Å². The summed E-state index contributed by atoms with van der Waals surface area (Å²) in [5, 5.41) is 10.5. The van der Waals surface area contributed by atoms with Crippen molar-refractivity contribution in [2.45, 2.75) is 31.8 Å². The molecule has 1 aliphatic rings. The number of aliphatic imine (C=N–C) groups is 1. The standard InChI is InChI=1S/C22H32FN5S/c1-4-24-22(25-16-20(27(2)3)17-7-5-8-18(23)15-17)26-19-10-12-28(13-11-19)21-9-6-14-29-21/h5-9,14-15,19-20H,4,10-13,16H2,1-3H3,(H2,24,25,26). The second-order valence-corrected chi connectivity index (χ2v) is 8.54. The van der Waals surface area contributed by atoms with Gasteiger partial charge in [-0.15, -0.1) is 11.3 Å². The summed E-state index contributed by atoms with van der Waals surface area (Å²) in [7, 11) is 4.01. The summed E-state index contributed by atoms with van der Waals surface area (Å²) in [6.45, 7) is 5.57. The van der Waals surface area contributed by atoms with E-state index in [-0.39, 0.29) is 11.9 Å². The average Bonchev–Trinajstić information content (AvgIpc) is 3.23. The van der Waals surface area contributed by atoms with Crippen LogP contribution in [0.5, 0.6) is 0 Å². The number of guanidine groups is 1. The molecule has 1 aliphatic heterocycles. The van der Waals surface area contributed by atoms with Crippen LogP contribution in [-0.4, -0.2) is 57.2 Å². The van der Waals surface area contributed by atoms with Gasteiger partial charge < -0.3 is 20.4 Å². The van der Waals surface area contributed by atoms with Crippen molar-refractivity contribution in [3.05, 3.63) is 53.2 Å². The average molecular weight is 418 g/mol. The van der Waals surface area contributed by atoms with Crippen molar-refractivity contribution in [1.29, 1.82) is 0 Å². The normalized spacial score (nSPS) is 16.9. The second kappa shape index (κ2) is 10.6. The van der Waals surface area contributed by atoms with E-state index in [1.165, 1.54) is 11.1 Å². The number of likely N-dealkylation sites (N-methyl/N-ethyl adjacent to an activating group) is 1. The van der Waals surface area contributed by atoms with E-state index < -0.39 is 0 Å². The van der Waals surface area contributed by atoms with E-state index in [4.69, 9.17) is 4.99 Å². The number of halogens is 1. The largest absolute Gasteiger partial charge is 0.363 e. The third-order valence-corrected chi connectivity index (χ3v) is 6.21. The van der Waals surface area contributed by atoms with Gasteiger partial charge in [0.1, 0.15) is 5.82 Å². The summed E-state index contributed by atoms with van der Waals surface area (Å²) >= 11 is 1.80. The van der Waals surface area contributed by atoms with Crippen LogP contribution in [0.4, 0.5) is 9.39 Å². The van der Waals surface area contributed by atoms with E-state index in [0.717, 1.165) is 44.0 Å². The van der Waals surface area contributed by atoms with Crippen LogP contribution in [0, 0.1) is 5.82 Å². The molecule has 2 heterocycles. The first kappa shape index (κ1) is 21.6. The van der Waals surface area contributed by atoms with Crippen LogP contribution in [0.2, 0.25) is 0 Å². The Balaban J connectivity index is 1.60. The molecular formula is C22H32FN5S. The number of nitrogens with one attached hydrogen (secondary N) is 2. The van der Waals surface area contributed by atoms with Crippen LogP contribution in [-0.2, 0) is 0 Å². The minimum atomic E-state index is -0.208. The van der Waals surface area contributed by atoms with Crippen molar-refractivity contribution in [1.82, 2.24) is 15.5 Å². The fourth-order valence-corrected chi connectivity index (χ4v) is 4.45. The molecule has 1 unspecified atom stereocenters. The van der Waals surface area contributed by atoms with Gasteiger partial charge >= 0.3 is 0 Å². The molecule has 0 amide bonds.